The van der Waals surface area contributed by atoms with Crippen LogP contribution >= 0.6 is 0 Å². The topological polar surface area (TPSA) is 82.2 Å². The van der Waals surface area contributed by atoms with E-state index in [9.17, 15) is 9.59 Å². The minimum Gasteiger partial charge on any atom is -0.377 e. The maximum absolute atomic E-state index is 12.5. The summed E-state index contributed by atoms with van der Waals surface area (Å²) >= 11 is 0. The zero-order valence-corrected chi connectivity index (χ0v) is 13.7. The molecule has 0 aromatic carbocycles. The third-order valence-electron chi connectivity index (χ3n) is 4.23. The summed E-state index contributed by atoms with van der Waals surface area (Å²) < 4.78 is 8.45. The van der Waals surface area contributed by atoms with Gasteiger partial charge in [0, 0.05) is 26.6 Å². The Morgan fingerprint density at radius 1 is 1.43 bits per heavy atom. The number of carbonyl (C=O) groups is 1. The molecule has 1 saturated heterocycles. The number of hydrogen-bond acceptors (Lipinski definition) is 5. The first kappa shape index (κ1) is 15.7. The molecule has 8 nitrogen and oxygen atoms in total. The van der Waals surface area contributed by atoms with Crippen LogP contribution in [0.2, 0.25) is 0 Å². The first-order chi connectivity index (χ1) is 10.9. The van der Waals surface area contributed by atoms with Crippen LogP contribution in [0.5, 0.6) is 0 Å². The van der Waals surface area contributed by atoms with E-state index in [0.29, 0.717) is 37.3 Å². The molecule has 2 aromatic rings. The Morgan fingerprint density at radius 3 is 2.96 bits per heavy atom. The second-order valence-corrected chi connectivity index (χ2v) is 6.41. The predicted octanol–water partition coefficient (Wildman–Crippen LogP) is 0.158. The summed E-state index contributed by atoms with van der Waals surface area (Å²) in [6.07, 6.45) is 3.24. The number of rotatable bonds is 3. The number of aromatic nitrogens is 4. The fourth-order valence-electron chi connectivity index (χ4n) is 2.90. The largest absolute Gasteiger partial charge is 0.377 e. The molecule has 2 aromatic heterocycles. The zero-order chi connectivity index (χ0) is 16.6. The van der Waals surface area contributed by atoms with Gasteiger partial charge in [-0.2, -0.15) is 5.10 Å². The van der Waals surface area contributed by atoms with Crippen LogP contribution in [0.3, 0.4) is 0 Å². The molecule has 0 N–H and O–H groups in total. The van der Waals surface area contributed by atoms with Gasteiger partial charge in [-0.25, -0.2) is 4.98 Å². The molecule has 3 heterocycles. The Kier molecular flexibility index (Phi) is 3.93. The van der Waals surface area contributed by atoms with Gasteiger partial charge in [-0.1, -0.05) is 0 Å². The zero-order valence-electron chi connectivity index (χ0n) is 13.7. The lowest BCUT2D eigenvalue weighted by Gasteiger charge is -2.42. The molecule has 23 heavy (non-hydrogen) atoms. The van der Waals surface area contributed by atoms with Crippen molar-refractivity contribution in [1.82, 2.24) is 24.2 Å². The van der Waals surface area contributed by atoms with Crippen molar-refractivity contribution in [1.29, 1.82) is 0 Å². The summed E-state index contributed by atoms with van der Waals surface area (Å²) in [5.41, 5.74) is 0.0651. The third-order valence-corrected chi connectivity index (χ3v) is 4.23. The van der Waals surface area contributed by atoms with Crippen molar-refractivity contribution in [3.8, 4) is 0 Å². The predicted molar refractivity (Wildman–Crippen MR) is 84.0 cm³/mol. The molecule has 1 aliphatic heterocycles. The maximum Gasteiger partial charge on any atom is 0.264 e. The standard InChI is InChI=1S/C15H21N5O3/c1-15(2)9-23-7-6-20(15)12(21)4-5-19-10-16-13-11(14(19)22)8-17-18(13)3/h8,10H,4-7,9H2,1-3H3. The van der Waals surface area contributed by atoms with Gasteiger partial charge >= 0.3 is 0 Å². The van der Waals surface area contributed by atoms with E-state index in [2.05, 4.69) is 10.1 Å². The van der Waals surface area contributed by atoms with E-state index >= 15 is 0 Å². The summed E-state index contributed by atoms with van der Waals surface area (Å²) in [6.45, 7) is 5.95. The van der Waals surface area contributed by atoms with Gasteiger partial charge in [0.1, 0.15) is 5.39 Å². The summed E-state index contributed by atoms with van der Waals surface area (Å²) in [5, 5.41) is 4.50. The molecule has 0 radical (unpaired) electrons. The molecule has 0 atom stereocenters. The van der Waals surface area contributed by atoms with Gasteiger partial charge in [0.2, 0.25) is 5.91 Å². The van der Waals surface area contributed by atoms with Crippen molar-refractivity contribution in [3.05, 3.63) is 22.9 Å². The molecule has 0 aliphatic carbocycles. The SMILES string of the molecule is Cn1ncc2c(=O)n(CCC(=O)N3CCOCC3(C)C)cnc21. The number of ether oxygens (including phenoxy) is 1. The molecule has 1 aliphatic rings. The highest BCUT2D eigenvalue weighted by molar-refractivity contribution is 5.77. The molecule has 8 heteroatoms. The number of hydrogen-bond donors (Lipinski definition) is 0. The number of aryl methyl sites for hydroxylation is 2. The molecule has 1 amide bonds. The second kappa shape index (κ2) is 5.77. The quantitative estimate of drug-likeness (QED) is 0.805. The first-order valence-electron chi connectivity index (χ1n) is 7.65. The highest BCUT2D eigenvalue weighted by atomic mass is 16.5. The number of morpholine rings is 1. The van der Waals surface area contributed by atoms with Crippen LogP contribution in [0.25, 0.3) is 11.0 Å². The molecule has 0 saturated carbocycles. The number of fused-ring (bicyclic) bond motifs is 1. The fourth-order valence-corrected chi connectivity index (χ4v) is 2.90. The fraction of sp³-hybridized carbons (Fsp3) is 0.600. The number of carbonyl (C=O) groups excluding carboxylic acids is 1. The van der Waals surface area contributed by atoms with E-state index in [1.165, 1.54) is 17.1 Å². The van der Waals surface area contributed by atoms with Crippen LogP contribution in [0.4, 0.5) is 0 Å². The Bertz CT molecular complexity index is 792. The first-order valence-corrected chi connectivity index (χ1v) is 7.65. The Balaban J connectivity index is 1.74. The van der Waals surface area contributed by atoms with Crippen LogP contribution in [0.15, 0.2) is 17.3 Å². The highest BCUT2D eigenvalue weighted by Gasteiger charge is 2.33. The van der Waals surface area contributed by atoms with Crippen molar-refractivity contribution < 1.29 is 9.53 Å². The van der Waals surface area contributed by atoms with Gasteiger partial charge < -0.3 is 9.64 Å². The second-order valence-electron chi connectivity index (χ2n) is 6.41. The molecule has 1 fully saturated rings. The van der Waals surface area contributed by atoms with Crippen LogP contribution in [0.1, 0.15) is 20.3 Å². The summed E-state index contributed by atoms with van der Waals surface area (Å²) in [7, 11) is 1.74. The Labute approximate surface area is 133 Å². The average molecular weight is 319 g/mol. The smallest absolute Gasteiger partial charge is 0.264 e. The van der Waals surface area contributed by atoms with Gasteiger partial charge in [0.15, 0.2) is 5.65 Å². The van der Waals surface area contributed by atoms with Gasteiger partial charge in [0.25, 0.3) is 5.56 Å². The van der Waals surface area contributed by atoms with Gasteiger partial charge in [0.05, 0.1) is 31.3 Å². The van der Waals surface area contributed by atoms with Crippen molar-refractivity contribution in [2.75, 3.05) is 19.8 Å². The summed E-state index contributed by atoms with van der Waals surface area (Å²) in [4.78, 5) is 30.9. The van der Waals surface area contributed by atoms with E-state index < -0.39 is 0 Å². The van der Waals surface area contributed by atoms with Crippen molar-refractivity contribution in [2.24, 2.45) is 7.05 Å². The summed E-state index contributed by atoms with van der Waals surface area (Å²) in [6, 6.07) is 0. The number of nitrogens with zero attached hydrogens (tertiary/aromatic N) is 5. The molecule has 124 valence electrons. The lowest BCUT2D eigenvalue weighted by atomic mass is 10.0. The molecule has 0 bridgehead atoms. The van der Waals surface area contributed by atoms with Gasteiger partial charge in [-0.15, -0.1) is 0 Å². The number of amides is 1. The normalized spacial score (nSPS) is 17.6. The Morgan fingerprint density at radius 2 is 2.22 bits per heavy atom. The van der Waals surface area contributed by atoms with Crippen molar-refractivity contribution >= 4 is 16.9 Å². The molecule has 3 rings (SSSR count). The van der Waals surface area contributed by atoms with E-state index in [1.807, 2.05) is 18.7 Å². The third kappa shape index (κ3) is 2.86. The minimum absolute atomic E-state index is 0.0245. The van der Waals surface area contributed by atoms with Crippen LogP contribution in [-0.4, -0.2) is 55.4 Å². The molecule has 0 unspecified atom stereocenters. The maximum atomic E-state index is 12.5. The lowest BCUT2D eigenvalue weighted by molar-refractivity contribution is -0.146. The minimum atomic E-state index is -0.314. The van der Waals surface area contributed by atoms with Gasteiger partial charge in [-0.05, 0) is 13.8 Å². The van der Waals surface area contributed by atoms with Crippen LogP contribution in [0, 0.1) is 0 Å². The van der Waals surface area contributed by atoms with E-state index in [4.69, 9.17) is 4.74 Å². The van der Waals surface area contributed by atoms with Crippen molar-refractivity contribution in [3.63, 3.8) is 0 Å². The summed E-state index contributed by atoms with van der Waals surface area (Å²) in [5.74, 6) is 0.0245. The van der Waals surface area contributed by atoms with E-state index in [-0.39, 0.29) is 23.4 Å². The molecular weight excluding hydrogens is 298 g/mol. The lowest BCUT2D eigenvalue weighted by Crippen LogP contribution is -2.55. The van der Waals surface area contributed by atoms with E-state index in [0.717, 1.165) is 0 Å². The molecule has 0 spiro atoms. The van der Waals surface area contributed by atoms with Crippen molar-refractivity contribution in [2.45, 2.75) is 32.4 Å². The molecular formula is C15H21N5O3. The average Bonchev–Trinajstić information content (AvgIpc) is 2.88. The highest BCUT2D eigenvalue weighted by Crippen LogP contribution is 2.20. The van der Waals surface area contributed by atoms with Crippen LogP contribution in [-0.2, 0) is 23.1 Å². The Hall–Kier alpha value is -2.22. The van der Waals surface area contributed by atoms with Crippen LogP contribution < -0.4 is 5.56 Å². The van der Waals surface area contributed by atoms with Gasteiger partial charge in [-0.3, -0.25) is 18.8 Å². The van der Waals surface area contributed by atoms with E-state index in [1.54, 1.807) is 11.7 Å². The monoisotopic (exact) mass is 319 g/mol.